The zero-order chi connectivity index (χ0) is 13.9. The maximum absolute atomic E-state index is 11.9. The molecule has 0 aliphatic rings. The second kappa shape index (κ2) is 5.48. The quantitative estimate of drug-likeness (QED) is 0.878. The summed E-state index contributed by atoms with van der Waals surface area (Å²) < 4.78 is 0. The predicted octanol–water partition coefficient (Wildman–Crippen LogP) is 2.14. The molecular weight excluding hydrogens is 252 g/mol. The third kappa shape index (κ3) is 3.80. The van der Waals surface area contributed by atoms with Gasteiger partial charge in [0.2, 0.25) is 5.91 Å². The summed E-state index contributed by atoms with van der Waals surface area (Å²) in [5.74, 6) is -1.21. The lowest BCUT2D eigenvalue weighted by molar-refractivity contribution is -0.127. The van der Waals surface area contributed by atoms with Gasteiger partial charge in [-0.1, -0.05) is 27.7 Å². The van der Waals surface area contributed by atoms with Crippen LogP contribution in [-0.2, 0) is 11.3 Å². The van der Waals surface area contributed by atoms with E-state index in [9.17, 15) is 9.59 Å². The van der Waals surface area contributed by atoms with Crippen molar-refractivity contribution in [1.82, 2.24) is 10.3 Å². The van der Waals surface area contributed by atoms with Crippen molar-refractivity contribution in [2.45, 2.75) is 34.2 Å². The van der Waals surface area contributed by atoms with Crippen molar-refractivity contribution in [3.8, 4) is 0 Å². The fourth-order valence-electron chi connectivity index (χ4n) is 1.20. The van der Waals surface area contributed by atoms with E-state index in [4.69, 9.17) is 5.11 Å². The highest BCUT2D eigenvalue weighted by Gasteiger charge is 2.26. The Morgan fingerprint density at radius 1 is 1.50 bits per heavy atom. The molecule has 0 fully saturated rings. The Bertz CT molecular complexity index is 448. The summed E-state index contributed by atoms with van der Waals surface area (Å²) in [5, 5.41) is 13.6. The molecule has 0 spiro atoms. The Balaban J connectivity index is 2.55. The molecule has 0 saturated heterocycles. The third-order valence-corrected chi connectivity index (χ3v) is 3.73. The fourth-order valence-corrected chi connectivity index (χ4v) is 1.91. The smallest absolute Gasteiger partial charge is 0.355 e. The first-order valence-corrected chi connectivity index (χ1v) is 6.55. The molecule has 100 valence electrons. The van der Waals surface area contributed by atoms with Crippen molar-refractivity contribution < 1.29 is 14.7 Å². The van der Waals surface area contributed by atoms with E-state index in [1.807, 2.05) is 27.7 Å². The summed E-state index contributed by atoms with van der Waals surface area (Å²) in [6.45, 7) is 8.16. The van der Waals surface area contributed by atoms with Crippen molar-refractivity contribution in [3.63, 3.8) is 0 Å². The molecule has 18 heavy (non-hydrogen) atoms. The van der Waals surface area contributed by atoms with E-state index in [0.717, 1.165) is 0 Å². The van der Waals surface area contributed by atoms with E-state index in [0.29, 0.717) is 5.01 Å². The molecule has 1 aromatic heterocycles. The number of rotatable bonds is 4. The molecule has 0 saturated carbocycles. The van der Waals surface area contributed by atoms with Gasteiger partial charge in [-0.15, -0.1) is 11.3 Å². The highest BCUT2D eigenvalue weighted by atomic mass is 32.1. The minimum absolute atomic E-state index is 0.0214. The number of thiazole rings is 1. The first-order valence-electron chi connectivity index (χ1n) is 5.67. The third-order valence-electron chi connectivity index (χ3n) is 2.88. The second-order valence-electron chi connectivity index (χ2n) is 5.24. The van der Waals surface area contributed by atoms with Crippen LogP contribution >= 0.6 is 11.3 Å². The topological polar surface area (TPSA) is 79.3 Å². The lowest BCUT2D eigenvalue weighted by Gasteiger charge is -2.25. The van der Waals surface area contributed by atoms with Crippen molar-refractivity contribution >= 4 is 23.2 Å². The van der Waals surface area contributed by atoms with Crippen LogP contribution in [0.1, 0.15) is 43.2 Å². The number of hydrogen-bond donors (Lipinski definition) is 2. The number of aromatic carboxylic acids is 1. The van der Waals surface area contributed by atoms with Gasteiger partial charge in [-0.3, -0.25) is 4.79 Å². The zero-order valence-corrected chi connectivity index (χ0v) is 11.8. The molecule has 1 heterocycles. The van der Waals surface area contributed by atoms with Crippen LogP contribution < -0.4 is 5.32 Å². The second-order valence-corrected chi connectivity index (χ2v) is 6.18. The van der Waals surface area contributed by atoms with E-state index in [1.165, 1.54) is 16.7 Å². The highest BCUT2D eigenvalue weighted by molar-refractivity contribution is 7.09. The average Bonchev–Trinajstić information content (AvgIpc) is 2.72. The lowest BCUT2D eigenvalue weighted by Crippen LogP contribution is -2.35. The van der Waals surface area contributed by atoms with Gasteiger partial charge >= 0.3 is 5.97 Å². The molecule has 0 aliphatic carbocycles. The number of carbonyl (C=O) groups excluding carboxylic acids is 1. The molecule has 2 N–H and O–H groups in total. The van der Waals surface area contributed by atoms with Gasteiger partial charge in [0.05, 0.1) is 6.54 Å². The fraction of sp³-hybridized carbons (Fsp3) is 0.583. The van der Waals surface area contributed by atoms with Crippen LogP contribution in [0.4, 0.5) is 0 Å². The lowest BCUT2D eigenvalue weighted by atomic mass is 9.81. The number of nitrogens with zero attached hydrogens (tertiary/aromatic N) is 1. The summed E-state index contributed by atoms with van der Waals surface area (Å²) in [4.78, 5) is 26.4. The largest absolute Gasteiger partial charge is 0.476 e. The summed E-state index contributed by atoms with van der Waals surface area (Å²) in [6.07, 6.45) is 0. The van der Waals surface area contributed by atoms with Crippen molar-refractivity contribution in [2.75, 3.05) is 0 Å². The minimum atomic E-state index is -1.05. The maximum atomic E-state index is 11.9. The van der Waals surface area contributed by atoms with Crippen molar-refractivity contribution in [3.05, 3.63) is 16.1 Å². The first-order chi connectivity index (χ1) is 8.21. The normalized spacial score (nSPS) is 13.1. The molecule has 0 bridgehead atoms. The zero-order valence-electron chi connectivity index (χ0n) is 11.0. The summed E-state index contributed by atoms with van der Waals surface area (Å²) in [6, 6.07) is 0. The molecule has 1 aromatic rings. The Labute approximate surface area is 110 Å². The molecule has 1 unspecified atom stereocenters. The van der Waals surface area contributed by atoms with Gasteiger partial charge in [0, 0.05) is 11.3 Å². The molecule has 0 aliphatic heterocycles. The number of hydrogen-bond acceptors (Lipinski definition) is 4. The Hall–Kier alpha value is -1.43. The molecule has 5 nitrogen and oxygen atoms in total. The highest BCUT2D eigenvalue weighted by Crippen LogP contribution is 2.25. The van der Waals surface area contributed by atoms with Crippen LogP contribution in [0, 0.1) is 11.3 Å². The van der Waals surface area contributed by atoms with Crippen LogP contribution in [0.3, 0.4) is 0 Å². The number of nitrogens with one attached hydrogen (secondary N) is 1. The Morgan fingerprint density at radius 2 is 2.11 bits per heavy atom. The van der Waals surface area contributed by atoms with Gasteiger partial charge in [-0.05, 0) is 5.41 Å². The number of carboxylic acids is 1. The molecule has 0 aromatic carbocycles. The summed E-state index contributed by atoms with van der Waals surface area (Å²) in [7, 11) is 0. The van der Waals surface area contributed by atoms with Crippen molar-refractivity contribution in [2.24, 2.45) is 11.3 Å². The summed E-state index contributed by atoms with van der Waals surface area (Å²) >= 11 is 1.23. The Morgan fingerprint density at radius 3 is 2.56 bits per heavy atom. The molecule has 6 heteroatoms. The van der Waals surface area contributed by atoms with Gasteiger partial charge in [0.1, 0.15) is 5.01 Å². The maximum Gasteiger partial charge on any atom is 0.355 e. The van der Waals surface area contributed by atoms with Crippen LogP contribution in [0.5, 0.6) is 0 Å². The van der Waals surface area contributed by atoms with E-state index in [1.54, 1.807) is 0 Å². The molecule has 0 radical (unpaired) electrons. The van der Waals surface area contributed by atoms with Crippen LogP contribution in [0.15, 0.2) is 5.38 Å². The molecule has 1 atom stereocenters. The van der Waals surface area contributed by atoms with Gasteiger partial charge in [-0.2, -0.15) is 0 Å². The number of carboxylic acid groups (broad SMARTS) is 1. The predicted molar refractivity (Wildman–Crippen MR) is 69.5 cm³/mol. The first kappa shape index (κ1) is 14.6. The van der Waals surface area contributed by atoms with Gasteiger partial charge < -0.3 is 10.4 Å². The van der Waals surface area contributed by atoms with Gasteiger partial charge in [-0.25, -0.2) is 9.78 Å². The SMILES string of the molecule is CC(C(=O)NCc1nc(C(=O)O)cs1)C(C)(C)C. The molecular formula is C12H18N2O3S. The number of amides is 1. The standard InChI is InChI=1S/C12H18N2O3S/c1-7(12(2,3)4)10(15)13-5-9-14-8(6-18-9)11(16)17/h6-7H,5H2,1-4H3,(H,13,15)(H,16,17). The molecule has 1 amide bonds. The number of carbonyl (C=O) groups is 2. The Kier molecular flexibility index (Phi) is 4.45. The van der Waals surface area contributed by atoms with E-state index >= 15 is 0 Å². The monoisotopic (exact) mass is 270 g/mol. The van der Waals surface area contributed by atoms with Crippen LogP contribution in [-0.4, -0.2) is 22.0 Å². The van der Waals surface area contributed by atoms with E-state index in [-0.39, 0.29) is 29.5 Å². The average molecular weight is 270 g/mol. The van der Waals surface area contributed by atoms with E-state index in [2.05, 4.69) is 10.3 Å². The van der Waals surface area contributed by atoms with Gasteiger partial charge in [0.25, 0.3) is 0 Å². The van der Waals surface area contributed by atoms with Gasteiger partial charge in [0.15, 0.2) is 5.69 Å². The number of aromatic nitrogens is 1. The van der Waals surface area contributed by atoms with Crippen molar-refractivity contribution in [1.29, 1.82) is 0 Å². The van der Waals surface area contributed by atoms with Crippen LogP contribution in [0.25, 0.3) is 0 Å². The molecule has 1 rings (SSSR count). The minimum Gasteiger partial charge on any atom is -0.476 e. The van der Waals surface area contributed by atoms with Crippen LogP contribution in [0.2, 0.25) is 0 Å². The summed E-state index contributed by atoms with van der Waals surface area (Å²) in [5.41, 5.74) is -0.0766. The van der Waals surface area contributed by atoms with E-state index < -0.39 is 5.97 Å².